The fourth-order valence-corrected chi connectivity index (χ4v) is 3.54. The van der Waals surface area contributed by atoms with Gasteiger partial charge in [-0.2, -0.15) is 0 Å². The molecule has 0 radical (unpaired) electrons. The number of hydrogen-bond donors (Lipinski definition) is 1. The predicted molar refractivity (Wildman–Crippen MR) is 67.4 cm³/mol. The SMILES string of the molecule is CC1CCC(O)CC1N1CCCC(C)(C)C1. The average molecular weight is 225 g/mol. The maximum atomic E-state index is 9.83. The maximum absolute atomic E-state index is 9.83. The molecule has 1 saturated carbocycles. The van der Waals surface area contributed by atoms with Crippen LogP contribution in [0.25, 0.3) is 0 Å². The van der Waals surface area contributed by atoms with Crippen molar-refractivity contribution in [1.82, 2.24) is 4.90 Å². The highest BCUT2D eigenvalue weighted by atomic mass is 16.3. The molecule has 0 bridgehead atoms. The van der Waals surface area contributed by atoms with E-state index in [-0.39, 0.29) is 6.10 Å². The normalized spacial score (nSPS) is 40.9. The van der Waals surface area contributed by atoms with Crippen molar-refractivity contribution in [2.24, 2.45) is 11.3 Å². The molecule has 2 rings (SSSR count). The van der Waals surface area contributed by atoms with E-state index in [9.17, 15) is 5.11 Å². The molecular weight excluding hydrogens is 198 g/mol. The van der Waals surface area contributed by atoms with Crippen LogP contribution in [0.2, 0.25) is 0 Å². The second-order valence-corrected chi connectivity index (χ2v) is 6.75. The Morgan fingerprint density at radius 3 is 2.69 bits per heavy atom. The number of likely N-dealkylation sites (tertiary alicyclic amines) is 1. The van der Waals surface area contributed by atoms with Gasteiger partial charge in [-0.25, -0.2) is 0 Å². The molecule has 2 fully saturated rings. The molecule has 2 heteroatoms. The van der Waals surface area contributed by atoms with E-state index in [1.54, 1.807) is 0 Å². The fraction of sp³-hybridized carbons (Fsp3) is 1.00. The molecule has 2 aliphatic rings. The third kappa shape index (κ3) is 2.78. The lowest BCUT2D eigenvalue weighted by Crippen LogP contribution is -2.51. The van der Waals surface area contributed by atoms with Crippen LogP contribution in [0.15, 0.2) is 0 Å². The summed E-state index contributed by atoms with van der Waals surface area (Å²) in [5.74, 6) is 0.761. The maximum Gasteiger partial charge on any atom is 0.0555 e. The minimum Gasteiger partial charge on any atom is -0.393 e. The third-order valence-electron chi connectivity index (χ3n) is 4.52. The van der Waals surface area contributed by atoms with E-state index in [0.29, 0.717) is 11.5 Å². The largest absolute Gasteiger partial charge is 0.393 e. The van der Waals surface area contributed by atoms with E-state index in [4.69, 9.17) is 0 Å². The fourth-order valence-electron chi connectivity index (χ4n) is 3.54. The Morgan fingerprint density at radius 2 is 2.00 bits per heavy atom. The van der Waals surface area contributed by atoms with Crippen LogP contribution in [0.1, 0.15) is 52.9 Å². The van der Waals surface area contributed by atoms with Gasteiger partial charge in [-0.05, 0) is 50.0 Å². The molecule has 16 heavy (non-hydrogen) atoms. The average Bonchev–Trinajstić information content (AvgIpc) is 2.20. The molecule has 0 aromatic carbocycles. The highest BCUT2D eigenvalue weighted by Crippen LogP contribution is 2.35. The molecule has 3 unspecified atom stereocenters. The van der Waals surface area contributed by atoms with Crippen LogP contribution in [0.4, 0.5) is 0 Å². The summed E-state index contributed by atoms with van der Waals surface area (Å²) in [7, 11) is 0. The zero-order valence-electron chi connectivity index (χ0n) is 11.1. The molecule has 1 aliphatic carbocycles. The minimum atomic E-state index is -0.0498. The molecule has 1 N–H and O–H groups in total. The van der Waals surface area contributed by atoms with Crippen LogP contribution in [-0.4, -0.2) is 35.2 Å². The van der Waals surface area contributed by atoms with E-state index < -0.39 is 0 Å². The van der Waals surface area contributed by atoms with Crippen LogP contribution < -0.4 is 0 Å². The summed E-state index contributed by atoms with van der Waals surface area (Å²) in [6.45, 7) is 9.57. The lowest BCUT2D eigenvalue weighted by molar-refractivity contribution is -0.00251. The molecule has 1 saturated heterocycles. The van der Waals surface area contributed by atoms with Crippen molar-refractivity contribution in [1.29, 1.82) is 0 Å². The smallest absolute Gasteiger partial charge is 0.0555 e. The van der Waals surface area contributed by atoms with Gasteiger partial charge in [0.15, 0.2) is 0 Å². The molecule has 0 aromatic heterocycles. The molecule has 1 heterocycles. The van der Waals surface area contributed by atoms with E-state index >= 15 is 0 Å². The van der Waals surface area contributed by atoms with Crippen molar-refractivity contribution < 1.29 is 5.11 Å². The summed E-state index contributed by atoms with van der Waals surface area (Å²) < 4.78 is 0. The number of nitrogens with zero attached hydrogens (tertiary/aromatic N) is 1. The van der Waals surface area contributed by atoms with E-state index in [1.165, 1.54) is 32.4 Å². The lowest BCUT2D eigenvalue weighted by atomic mass is 9.78. The van der Waals surface area contributed by atoms with E-state index in [0.717, 1.165) is 18.8 Å². The molecule has 0 amide bonds. The van der Waals surface area contributed by atoms with Crippen LogP contribution in [0, 0.1) is 11.3 Å². The Hall–Kier alpha value is -0.0800. The van der Waals surface area contributed by atoms with Gasteiger partial charge in [-0.3, -0.25) is 4.90 Å². The molecule has 0 aromatic rings. The highest BCUT2D eigenvalue weighted by Gasteiger charge is 2.35. The summed E-state index contributed by atoms with van der Waals surface area (Å²) in [4.78, 5) is 2.65. The van der Waals surface area contributed by atoms with Gasteiger partial charge in [-0.1, -0.05) is 20.8 Å². The van der Waals surface area contributed by atoms with E-state index in [2.05, 4.69) is 25.7 Å². The van der Waals surface area contributed by atoms with Gasteiger partial charge < -0.3 is 5.11 Å². The van der Waals surface area contributed by atoms with Crippen LogP contribution in [0.5, 0.6) is 0 Å². The first kappa shape index (κ1) is 12.4. The minimum absolute atomic E-state index is 0.0498. The van der Waals surface area contributed by atoms with Gasteiger partial charge in [0, 0.05) is 12.6 Å². The first-order chi connectivity index (χ1) is 7.48. The lowest BCUT2D eigenvalue weighted by Gasteiger charge is -2.46. The summed E-state index contributed by atoms with van der Waals surface area (Å²) >= 11 is 0. The number of aliphatic hydroxyl groups excluding tert-OH is 1. The van der Waals surface area contributed by atoms with Gasteiger partial charge >= 0.3 is 0 Å². The zero-order chi connectivity index (χ0) is 11.8. The van der Waals surface area contributed by atoms with Crippen molar-refractivity contribution >= 4 is 0 Å². The van der Waals surface area contributed by atoms with Crippen LogP contribution >= 0.6 is 0 Å². The summed E-state index contributed by atoms with van der Waals surface area (Å²) in [6, 6.07) is 0.628. The molecular formula is C14H27NO. The quantitative estimate of drug-likeness (QED) is 0.741. The van der Waals surface area contributed by atoms with Crippen molar-refractivity contribution in [2.75, 3.05) is 13.1 Å². The van der Waals surface area contributed by atoms with Gasteiger partial charge in [-0.15, -0.1) is 0 Å². The van der Waals surface area contributed by atoms with Gasteiger partial charge in [0.05, 0.1) is 6.10 Å². The third-order valence-corrected chi connectivity index (χ3v) is 4.52. The number of rotatable bonds is 1. The molecule has 2 nitrogen and oxygen atoms in total. The number of aliphatic hydroxyl groups is 1. The Balaban J connectivity index is 1.99. The van der Waals surface area contributed by atoms with Crippen molar-refractivity contribution in [3.05, 3.63) is 0 Å². The Morgan fingerprint density at radius 1 is 1.25 bits per heavy atom. The number of hydrogen-bond acceptors (Lipinski definition) is 2. The first-order valence-electron chi connectivity index (χ1n) is 6.90. The Labute approximate surface area is 100 Å². The second kappa shape index (κ2) is 4.66. The first-order valence-corrected chi connectivity index (χ1v) is 6.90. The predicted octanol–water partition coefficient (Wildman–Crippen LogP) is 2.66. The zero-order valence-corrected chi connectivity index (χ0v) is 11.1. The standard InChI is InChI=1S/C14H27NO/c1-11-5-6-12(16)9-13(11)15-8-4-7-14(2,3)10-15/h11-13,16H,4-10H2,1-3H3. The Kier molecular flexibility index (Phi) is 3.60. The topological polar surface area (TPSA) is 23.5 Å². The summed E-state index contributed by atoms with van der Waals surface area (Å²) in [5, 5.41) is 9.83. The van der Waals surface area contributed by atoms with Gasteiger partial charge in [0.1, 0.15) is 0 Å². The van der Waals surface area contributed by atoms with Gasteiger partial charge in [0.25, 0.3) is 0 Å². The summed E-state index contributed by atoms with van der Waals surface area (Å²) in [5.41, 5.74) is 0.473. The summed E-state index contributed by atoms with van der Waals surface area (Å²) in [6.07, 6.45) is 5.83. The second-order valence-electron chi connectivity index (χ2n) is 6.75. The van der Waals surface area contributed by atoms with Crippen molar-refractivity contribution in [3.8, 4) is 0 Å². The molecule has 94 valence electrons. The monoisotopic (exact) mass is 225 g/mol. The van der Waals surface area contributed by atoms with Crippen molar-refractivity contribution in [3.63, 3.8) is 0 Å². The van der Waals surface area contributed by atoms with Crippen LogP contribution in [0.3, 0.4) is 0 Å². The number of piperidine rings is 1. The Bertz CT molecular complexity index is 239. The van der Waals surface area contributed by atoms with Crippen molar-refractivity contribution in [2.45, 2.75) is 65.0 Å². The molecule has 3 atom stereocenters. The van der Waals surface area contributed by atoms with Gasteiger partial charge in [0.2, 0.25) is 0 Å². The molecule has 1 aliphatic heterocycles. The molecule has 0 spiro atoms. The highest BCUT2D eigenvalue weighted by molar-refractivity contribution is 4.89. The van der Waals surface area contributed by atoms with E-state index in [1.807, 2.05) is 0 Å². The van der Waals surface area contributed by atoms with Crippen LogP contribution in [-0.2, 0) is 0 Å².